The first-order valence-electron chi connectivity index (χ1n) is 13.3. The van der Waals surface area contributed by atoms with Crippen LogP contribution in [0.4, 0.5) is 145 Å². The van der Waals surface area contributed by atoms with Crippen molar-refractivity contribution < 1.29 is 146 Å². The van der Waals surface area contributed by atoms with Crippen LogP contribution in [-0.2, 0) is 0 Å². The van der Waals surface area contributed by atoms with E-state index >= 15 is 0 Å². The fourth-order valence-electron chi connectivity index (χ4n) is 3.11. The van der Waals surface area contributed by atoms with Crippen LogP contribution in [0.1, 0.15) is 27.1 Å². The number of allylic oxidation sites excluding steroid dienone is 1. The zero-order chi connectivity index (χ0) is 49.3. The van der Waals surface area contributed by atoms with Gasteiger partial charge in [0.05, 0.1) is 24.5 Å². The number of alkyl halides is 33. The molecule has 59 heavy (non-hydrogen) atoms. The fourth-order valence-corrected chi connectivity index (χ4v) is 4.33. The number of halogens is 35. The van der Waals surface area contributed by atoms with Gasteiger partial charge in [0.1, 0.15) is 3.92 Å². The van der Waals surface area contributed by atoms with Gasteiger partial charge >= 0.3 is 61.3 Å². The molecule has 0 amide bonds. The van der Waals surface area contributed by atoms with Crippen LogP contribution in [-0.4, -0.2) is 80.7 Å². The minimum Gasteiger partial charge on any atom is -0.236 e. The molecule has 0 heterocycles. The maximum Gasteiger partial charge on any atom is 0.431 e. The highest BCUT2D eigenvalue weighted by atomic mass is 127. The molecule has 0 aliphatic heterocycles. The standard InChI is InChI=1S/C8H6F11I.C8H5F11.C6H3F10I.C2H3F.H2/c9-4(20)1-3(6(11,12)13)2-5(10,7(14,15)16)8(17,18)19;9-2-1-4(6(11,12)13)3-5(10,7(14,15)16)8(17,18)19;7-3(5(11,12)13,6(14,15)16)1-2(17)4(8,9)10;1-2-3;/h3-4H,1-2H2;1-2,4H,3H2;2H,1H2;2H,1H2;1H/b;2-1-;;;/i;;;;1+1. The van der Waals surface area contributed by atoms with Crippen LogP contribution < -0.4 is 0 Å². The van der Waals surface area contributed by atoms with Crippen LogP contribution in [0, 0.1) is 11.8 Å². The van der Waals surface area contributed by atoms with Gasteiger partial charge < -0.3 is 0 Å². The second-order valence-corrected chi connectivity index (χ2v) is 13.4. The van der Waals surface area contributed by atoms with E-state index in [0.29, 0.717) is 0 Å². The van der Waals surface area contributed by atoms with Crippen molar-refractivity contribution in [1.29, 1.82) is 0 Å². The van der Waals surface area contributed by atoms with Crippen molar-refractivity contribution in [3.63, 3.8) is 0 Å². The molecular formula is C24H19F33I2. The van der Waals surface area contributed by atoms with Gasteiger partial charge in [-0.2, -0.15) is 119 Å². The first-order chi connectivity index (χ1) is 25.2. The summed E-state index contributed by atoms with van der Waals surface area (Å²) in [5.41, 5.74) is -18.0. The van der Waals surface area contributed by atoms with Gasteiger partial charge in [-0.05, 0) is 35.1 Å². The zero-order valence-electron chi connectivity index (χ0n) is 26.8. The van der Waals surface area contributed by atoms with Crippen LogP contribution in [0.5, 0.6) is 0 Å². The van der Waals surface area contributed by atoms with E-state index in [9.17, 15) is 145 Å². The average molecular weight is 1190 g/mol. The minimum absolute atomic E-state index is 0. The summed E-state index contributed by atoms with van der Waals surface area (Å²) in [6.45, 7) is 2.69. The van der Waals surface area contributed by atoms with E-state index in [-0.39, 0.29) is 30.3 Å². The Labute approximate surface area is 334 Å². The van der Waals surface area contributed by atoms with Crippen molar-refractivity contribution >= 4 is 45.2 Å². The average Bonchev–Trinajstić information content (AvgIpc) is 2.92. The molecule has 0 rings (SSSR count). The maximum atomic E-state index is 13.2. The monoisotopic (exact) mass is 1190 g/mol. The first kappa shape index (κ1) is 64.3. The Bertz CT molecular complexity index is 1200. The van der Waals surface area contributed by atoms with Crippen molar-refractivity contribution in [3.8, 4) is 0 Å². The summed E-state index contributed by atoms with van der Waals surface area (Å²) in [5, 5.41) is 0. The molecule has 0 aromatic rings. The lowest BCUT2D eigenvalue weighted by Crippen LogP contribution is -2.55. The maximum absolute atomic E-state index is 13.2. The van der Waals surface area contributed by atoms with Gasteiger partial charge in [-0.3, -0.25) is 0 Å². The van der Waals surface area contributed by atoms with Gasteiger partial charge in [0, 0.05) is 20.7 Å². The van der Waals surface area contributed by atoms with E-state index < -0.39 is 131 Å². The third-order valence-corrected chi connectivity index (χ3v) is 7.85. The van der Waals surface area contributed by atoms with E-state index in [1.54, 1.807) is 0 Å². The molecule has 0 saturated carbocycles. The summed E-state index contributed by atoms with van der Waals surface area (Å²) in [5.74, 6) is -6.98. The van der Waals surface area contributed by atoms with Gasteiger partial charge in [-0.1, -0.05) is 29.2 Å². The highest BCUT2D eigenvalue weighted by Crippen LogP contribution is 2.54. The lowest BCUT2D eigenvalue weighted by atomic mass is 9.88. The number of hydrogen-bond acceptors (Lipinski definition) is 0. The summed E-state index contributed by atoms with van der Waals surface area (Å²) < 4.78 is 392. The molecule has 0 fully saturated rings. The first-order valence-corrected chi connectivity index (χ1v) is 15.8. The normalized spacial score (nSPS) is 16.7. The van der Waals surface area contributed by atoms with E-state index in [4.69, 9.17) is 0 Å². The quantitative estimate of drug-likeness (QED) is 0.123. The van der Waals surface area contributed by atoms with Gasteiger partial charge in [0.25, 0.3) is 11.3 Å². The van der Waals surface area contributed by atoms with E-state index in [0.717, 1.165) is 22.6 Å². The molecule has 4 unspecified atom stereocenters. The summed E-state index contributed by atoms with van der Waals surface area (Å²) in [7, 11) is 0. The van der Waals surface area contributed by atoms with Crippen LogP contribution in [0.25, 0.3) is 0 Å². The van der Waals surface area contributed by atoms with Gasteiger partial charge in [0.15, 0.2) is 4.18 Å². The summed E-state index contributed by atoms with van der Waals surface area (Å²) in [6.07, 6.45) is -67.7. The Morgan fingerprint density at radius 2 is 0.678 bits per heavy atom. The Hall–Kier alpha value is -1.37. The molecule has 0 aliphatic rings. The summed E-state index contributed by atoms with van der Waals surface area (Å²) >= 11 is 1.03. The molecule has 0 aromatic heterocycles. The Kier molecular flexibility index (Phi) is 23.8. The lowest BCUT2D eigenvalue weighted by molar-refractivity contribution is -0.352. The molecule has 0 saturated heterocycles. The Morgan fingerprint density at radius 1 is 0.424 bits per heavy atom. The minimum atomic E-state index is -6.61. The summed E-state index contributed by atoms with van der Waals surface area (Å²) in [6, 6.07) is 0. The van der Waals surface area contributed by atoms with Gasteiger partial charge in [-0.25, -0.2) is 26.3 Å². The van der Waals surface area contributed by atoms with Gasteiger partial charge in [0.2, 0.25) is 0 Å². The second kappa shape index (κ2) is 21.8. The molecule has 4 atom stereocenters. The Morgan fingerprint density at radius 3 is 0.864 bits per heavy atom. The number of hydrogen-bond donors (Lipinski definition) is 0. The largest absolute Gasteiger partial charge is 0.431 e. The summed E-state index contributed by atoms with van der Waals surface area (Å²) in [4.78, 5) is 0. The van der Waals surface area contributed by atoms with E-state index in [2.05, 4.69) is 6.58 Å². The molecule has 0 bridgehead atoms. The van der Waals surface area contributed by atoms with E-state index in [1.807, 2.05) is 0 Å². The van der Waals surface area contributed by atoms with Crippen LogP contribution >= 0.6 is 45.2 Å². The second-order valence-electron chi connectivity index (χ2n) is 10.5. The van der Waals surface area contributed by atoms with Crippen molar-refractivity contribution in [2.45, 2.75) is 106 Å². The Balaban J connectivity index is -0.000000242. The van der Waals surface area contributed by atoms with Crippen LogP contribution in [0.2, 0.25) is 0 Å². The molecule has 0 radical (unpaired) electrons. The fraction of sp³-hybridized carbons (Fsp3) is 0.833. The van der Waals surface area contributed by atoms with Crippen LogP contribution in [0.15, 0.2) is 25.3 Å². The topological polar surface area (TPSA) is 0 Å². The lowest BCUT2D eigenvalue weighted by Gasteiger charge is -2.33. The zero-order valence-corrected chi connectivity index (χ0v) is 31.1. The van der Waals surface area contributed by atoms with E-state index in [1.165, 1.54) is 0 Å². The molecule has 0 N–H and O–H groups in total. The van der Waals surface area contributed by atoms with Crippen molar-refractivity contribution in [1.82, 2.24) is 0 Å². The van der Waals surface area contributed by atoms with Crippen molar-refractivity contribution in [3.05, 3.63) is 25.3 Å². The van der Waals surface area contributed by atoms with Crippen LogP contribution in [0.3, 0.4) is 0 Å². The third kappa shape index (κ3) is 19.7. The molecule has 0 aliphatic carbocycles. The smallest absolute Gasteiger partial charge is 0.236 e. The van der Waals surface area contributed by atoms with Crippen molar-refractivity contribution in [2.24, 2.45) is 11.8 Å². The molecule has 360 valence electrons. The van der Waals surface area contributed by atoms with Crippen molar-refractivity contribution in [2.75, 3.05) is 0 Å². The number of rotatable bonds is 9. The predicted octanol–water partition coefficient (Wildman–Crippen LogP) is 16.3. The van der Waals surface area contributed by atoms with Gasteiger partial charge in [-0.15, -0.1) is 0 Å². The molecule has 35 heteroatoms. The third-order valence-electron chi connectivity index (χ3n) is 6.19. The molecule has 0 aromatic carbocycles. The molecular weight excluding hydrogens is 1170 g/mol. The SMILES string of the molecule is C=CF.F/C=C\C(CC(F)(C(F)(F)F)C(F)(F)F)C(F)(F)F.FC(F)(F)C(I)CC(F)(C(F)(F)F)C(F)(F)F.FC(I)CC(CC(F)(C(F)(F)F)C(F)(F)F)C(F)(F)F.[2HH]. The highest BCUT2D eigenvalue weighted by Gasteiger charge is 2.76. The predicted molar refractivity (Wildman–Crippen MR) is 152 cm³/mol. The molecule has 0 nitrogen and oxygen atoms in total. The molecule has 0 spiro atoms. The highest BCUT2D eigenvalue weighted by molar-refractivity contribution is 14.1.